The standard InChI is InChI=1S/C17H17NO/c19-17-11-13-18(16-9-5-4-8-15(16)17)12-10-14-6-2-1-3-7-14/h1-9H,10-13H2. The van der Waals surface area contributed by atoms with Gasteiger partial charge in [0, 0.05) is 30.8 Å². The number of para-hydroxylation sites is 1. The molecule has 0 saturated carbocycles. The first-order chi connectivity index (χ1) is 9.34. The zero-order chi connectivity index (χ0) is 13.1. The van der Waals surface area contributed by atoms with E-state index in [-0.39, 0.29) is 5.78 Å². The number of carbonyl (C=O) groups excluding carboxylic acids is 1. The van der Waals surface area contributed by atoms with Gasteiger partial charge in [0.1, 0.15) is 0 Å². The molecule has 0 aliphatic carbocycles. The summed E-state index contributed by atoms with van der Waals surface area (Å²) in [6.07, 6.45) is 1.65. The first kappa shape index (κ1) is 12.0. The molecule has 0 bridgehead atoms. The molecule has 0 unspecified atom stereocenters. The Kier molecular flexibility index (Phi) is 3.32. The third-order valence-electron chi connectivity index (χ3n) is 3.67. The molecule has 0 radical (unpaired) electrons. The minimum absolute atomic E-state index is 0.270. The lowest BCUT2D eigenvalue weighted by molar-refractivity contribution is 0.0980. The van der Waals surface area contributed by atoms with Crippen molar-refractivity contribution in [2.24, 2.45) is 0 Å². The molecule has 19 heavy (non-hydrogen) atoms. The van der Waals surface area contributed by atoms with Crippen molar-refractivity contribution >= 4 is 11.5 Å². The van der Waals surface area contributed by atoms with Gasteiger partial charge in [-0.3, -0.25) is 4.79 Å². The fourth-order valence-electron chi connectivity index (χ4n) is 2.62. The summed E-state index contributed by atoms with van der Waals surface area (Å²) in [5.74, 6) is 0.270. The number of benzene rings is 2. The molecular weight excluding hydrogens is 234 g/mol. The highest BCUT2D eigenvalue weighted by molar-refractivity contribution is 6.03. The quantitative estimate of drug-likeness (QED) is 0.834. The lowest BCUT2D eigenvalue weighted by Gasteiger charge is -2.30. The smallest absolute Gasteiger partial charge is 0.166 e. The van der Waals surface area contributed by atoms with E-state index < -0.39 is 0 Å². The van der Waals surface area contributed by atoms with Gasteiger partial charge in [0.25, 0.3) is 0 Å². The topological polar surface area (TPSA) is 20.3 Å². The summed E-state index contributed by atoms with van der Waals surface area (Å²) < 4.78 is 0. The minimum atomic E-state index is 0.270. The molecule has 0 amide bonds. The molecule has 0 aromatic heterocycles. The van der Waals surface area contributed by atoms with Gasteiger partial charge >= 0.3 is 0 Å². The Morgan fingerprint density at radius 3 is 2.53 bits per heavy atom. The second kappa shape index (κ2) is 5.27. The highest BCUT2D eigenvalue weighted by atomic mass is 16.1. The summed E-state index contributed by atoms with van der Waals surface area (Å²) in [4.78, 5) is 14.2. The van der Waals surface area contributed by atoms with E-state index in [9.17, 15) is 4.79 Å². The summed E-state index contributed by atoms with van der Waals surface area (Å²) in [6.45, 7) is 1.80. The summed E-state index contributed by atoms with van der Waals surface area (Å²) in [6, 6.07) is 18.4. The van der Waals surface area contributed by atoms with E-state index in [1.165, 1.54) is 5.56 Å². The van der Waals surface area contributed by atoms with Gasteiger partial charge in [-0.15, -0.1) is 0 Å². The van der Waals surface area contributed by atoms with Crippen molar-refractivity contribution in [3.63, 3.8) is 0 Å². The third-order valence-corrected chi connectivity index (χ3v) is 3.67. The average Bonchev–Trinajstić information content (AvgIpc) is 2.48. The maximum absolute atomic E-state index is 11.9. The van der Waals surface area contributed by atoms with E-state index >= 15 is 0 Å². The molecule has 0 fully saturated rings. The minimum Gasteiger partial charge on any atom is -0.370 e. The van der Waals surface area contributed by atoms with Gasteiger partial charge in [-0.05, 0) is 24.1 Å². The maximum Gasteiger partial charge on any atom is 0.166 e. The van der Waals surface area contributed by atoms with Gasteiger partial charge in [-0.1, -0.05) is 42.5 Å². The number of Topliss-reactive ketones (excluding diaryl/α,β-unsaturated/α-hetero) is 1. The predicted molar refractivity (Wildman–Crippen MR) is 77.7 cm³/mol. The molecule has 0 N–H and O–H groups in total. The molecule has 0 saturated heterocycles. The second-order valence-corrected chi connectivity index (χ2v) is 4.91. The Labute approximate surface area is 113 Å². The Hall–Kier alpha value is -2.09. The van der Waals surface area contributed by atoms with Gasteiger partial charge in [0.05, 0.1) is 0 Å². The van der Waals surface area contributed by atoms with Crippen LogP contribution in [0.1, 0.15) is 22.3 Å². The first-order valence-electron chi connectivity index (χ1n) is 6.76. The summed E-state index contributed by atoms with van der Waals surface area (Å²) >= 11 is 0. The predicted octanol–water partition coefficient (Wildman–Crippen LogP) is 3.32. The van der Waals surface area contributed by atoms with Crippen LogP contribution >= 0.6 is 0 Å². The lowest BCUT2D eigenvalue weighted by atomic mass is 10.00. The number of fused-ring (bicyclic) bond motifs is 1. The molecule has 1 aliphatic heterocycles. The molecule has 3 rings (SSSR count). The van der Waals surface area contributed by atoms with Gasteiger partial charge in [-0.25, -0.2) is 0 Å². The number of hydrogen-bond donors (Lipinski definition) is 0. The van der Waals surface area contributed by atoms with Gasteiger partial charge in [-0.2, -0.15) is 0 Å². The van der Waals surface area contributed by atoms with Crippen molar-refractivity contribution in [1.82, 2.24) is 0 Å². The lowest BCUT2D eigenvalue weighted by Crippen LogP contribution is -2.33. The van der Waals surface area contributed by atoms with Crippen LogP contribution in [0.15, 0.2) is 54.6 Å². The van der Waals surface area contributed by atoms with Crippen molar-refractivity contribution in [2.75, 3.05) is 18.0 Å². The summed E-state index contributed by atoms with van der Waals surface area (Å²) in [5.41, 5.74) is 3.31. The number of rotatable bonds is 3. The summed E-state index contributed by atoms with van der Waals surface area (Å²) in [5, 5.41) is 0. The van der Waals surface area contributed by atoms with Crippen LogP contribution in [-0.4, -0.2) is 18.9 Å². The van der Waals surface area contributed by atoms with Crippen molar-refractivity contribution in [1.29, 1.82) is 0 Å². The summed E-state index contributed by atoms with van der Waals surface area (Å²) in [7, 11) is 0. The second-order valence-electron chi connectivity index (χ2n) is 4.91. The van der Waals surface area contributed by atoms with Crippen molar-refractivity contribution < 1.29 is 4.79 Å². The van der Waals surface area contributed by atoms with E-state index in [4.69, 9.17) is 0 Å². The number of nitrogens with zero attached hydrogens (tertiary/aromatic N) is 1. The van der Waals surface area contributed by atoms with E-state index in [2.05, 4.69) is 35.2 Å². The fraction of sp³-hybridized carbons (Fsp3) is 0.235. The van der Waals surface area contributed by atoms with Gasteiger partial charge in [0.15, 0.2) is 5.78 Å². The number of hydrogen-bond acceptors (Lipinski definition) is 2. The molecule has 0 atom stereocenters. The Morgan fingerprint density at radius 2 is 1.68 bits per heavy atom. The third kappa shape index (κ3) is 2.53. The van der Waals surface area contributed by atoms with Crippen LogP contribution in [0, 0.1) is 0 Å². The molecule has 0 spiro atoms. The first-order valence-corrected chi connectivity index (χ1v) is 6.76. The van der Waals surface area contributed by atoms with Crippen LogP contribution < -0.4 is 4.90 Å². The van der Waals surface area contributed by atoms with E-state index in [0.717, 1.165) is 30.8 Å². The highest BCUT2D eigenvalue weighted by Crippen LogP contribution is 2.26. The Morgan fingerprint density at radius 1 is 0.947 bits per heavy atom. The monoisotopic (exact) mass is 251 g/mol. The fourth-order valence-corrected chi connectivity index (χ4v) is 2.62. The van der Waals surface area contributed by atoms with Crippen molar-refractivity contribution in [2.45, 2.75) is 12.8 Å². The molecule has 1 heterocycles. The van der Waals surface area contributed by atoms with Crippen molar-refractivity contribution in [3.8, 4) is 0 Å². The van der Waals surface area contributed by atoms with Crippen LogP contribution in [0.25, 0.3) is 0 Å². The number of anilines is 1. The van der Waals surface area contributed by atoms with Crippen molar-refractivity contribution in [3.05, 3.63) is 65.7 Å². The molecule has 2 aromatic carbocycles. The molecule has 1 aliphatic rings. The van der Waals surface area contributed by atoms with E-state index in [0.29, 0.717) is 6.42 Å². The van der Waals surface area contributed by atoms with Gasteiger partial charge in [0.2, 0.25) is 0 Å². The Bertz CT molecular complexity index is 577. The largest absolute Gasteiger partial charge is 0.370 e. The SMILES string of the molecule is O=C1CCN(CCc2ccccc2)c2ccccc21. The Balaban J connectivity index is 1.76. The molecule has 96 valence electrons. The molecule has 2 nitrogen and oxygen atoms in total. The van der Waals surface area contributed by atoms with E-state index in [1.807, 2.05) is 24.3 Å². The van der Waals surface area contributed by atoms with Crippen LogP contribution in [0.5, 0.6) is 0 Å². The normalized spacial score (nSPS) is 14.3. The van der Waals surface area contributed by atoms with Crippen LogP contribution in [-0.2, 0) is 6.42 Å². The van der Waals surface area contributed by atoms with Gasteiger partial charge < -0.3 is 4.90 Å². The number of ketones is 1. The number of carbonyl (C=O) groups is 1. The molecule has 2 heteroatoms. The van der Waals surface area contributed by atoms with Crippen LogP contribution in [0.3, 0.4) is 0 Å². The average molecular weight is 251 g/mol. The zero-order valence-electron chi connectivity index (χ0n) is 10.9. The molecule has 2 aromatic rings. The highest BCUT2D eigenvalue weighted by Gasteiger charge is 2.21. The molecular formula is C17H17NO. The van der Waals surface area contributed by atoms with Crippen LogP contribution in [0.2, 0.25) is 0 Å². The maximum atomic E-state index is 11.9. The zero-order valence-corrected chi connectivity index (χ0v) is 10.9. The van der Waals surface area contributed by atoms with Crippen LogP contribution in [0.4, 0.5) is 5.69 Å². The van der Waals surface area contributed by atoms with E-state index in [1.54, 1.807) is 0 Å².